The van der Waals surface area contributed by atoms with Crippen LogP contribution in [0.2, 0.25) is 0 Å². The molecule has 0 fully saturated rings. The minimum atomic E-state index is -0.809. The van der Waals surface area contributed by atoms with Gasteiger partial charge in [-0.05, 0) is 44.5 Å². The Bertz CT molecular complexity index is 435. The molecule has 0 bridgehead atoms. The van der Waals surface area contributed by atoms with E-state index in [0.717, 1.165) is 0 Å². The van der Waals surface area contributed by atoms with Crippen LogP contribution in [0.4, 0.5) is 9.18 Å². The lowest BCUT2D eigenvalue weighted by Gasteiger charge is -2.21. The van der Waals surface area contributed by atoms with Gasteiger partial charge in [0.1, 0.15) is 17.5 Å². The fourth-order valence-corrected chi connectivity index (χ4v) is 1.31. The number of ether oxygens (including phenoxy) is 2. The smallest absolute Gasteiger partial charge is 0.429 e. The van der Waals surface area contributed by atoms with Crippen LogP contribution in [0.5, 0.6) is 0 Å². The van der Waals surface area contributed by atoms with Gasteiger partial charge in [0.25, 0.3) is 0 Å². The summed E-state index contributed by atoms with van der Waals surface area (Å²) in [6, 6.07) is 5.80. The van der Waals surface area contributed by atoms with E-state index in [1.807, 2.05) is 0 Å². The number of carbonyl (C=O) groups excluding carboxylic acids is 1. The van der Waals surface area contributed by atoms with Crippen molar-refractivity contribution in [3.05, 3.63) is 48.3 Å². The number of hydrogen-bond donors (Lipinski definition) is 0. The molecule has 0 saturated carbocycles. The Morgan fingerprint density at radius 2 is 2.11 bits per heavy atom. The third kappa shape index (κ3) is 4.57. The predicted octanol–water partition coefficient (Wildman–Crippen LogP) is 4.00. The zero-order valence-corrected chi connectivity index (χ0v) is 10.8. The summed E-state index contributed by atoms with van der Waals surface area (Å²) >= 11 is 0. The van der Waals surface area contributed by atoms with Gasteiger partial charge >= 0.3 is 6.16 Å². The summed E-state index contributed by atoms with van der Waals surface area (Å²) < 4.78 is 23.2. The molecule has 18 heavy (non-hydrogen) atoms. The second kappa shape index (κ2) is 5.67. The summed E-state index contributed by atoms with van der Waals surface area (Å²) in [6.45, 7) is 8.77. The normalized spacial score (nSPS) is 12.7. The van der Waals surface area contributed by atoms with Crippen LogP contribution < -0.4 is 0 Å². The van der Waals surface area contributed by atoms with Crippen LogP contribution in [-0.2, 0) is 9.47 Å². The Morgan fingerprint density at radius 1 is 1.44 bits per heavy atom. The molecule has 0 saturated heterocycles. The molecule has 0 aliphatic heterocycles. The first-order chi connectivity index (χ1) is 8.31. The van der Waals surface area contributed by atoms with Crippen molar-refractivity contribution in [1.29, 1.82) is 0 Å². The van der Waals surface area contributed by atoms with Crippen molar-refractivity contribution < 1.29 is 18.7 Å². The average Bonchev–Trinajstić information content (AvgIpc) is 2.23. The first kappa shape index (κ1) is 14.2. The molecule has 0 spiro atoms. The second-order valence-electron chi connectivity index (χ2n) is 4.79. The van der Waals surface area contributed by atoms with Crippen LogP contribution >= 0.6 is 0 Å². The summed E-state index contributed by atoms with van der Waals surface area (Å²) in [7, 11) is 0. The predicted molar refractivity (Wildman–Crippen MR) is 66.7 cm³/mol. The second-order valence-corrected chi connectivity index (χ2v) is 4.79. The third-order valence-corrected chi connectivity index (χ3v) is 2.00. The Morgan fingerprint density at radius 3 is 2.61 bits per heavy atom. The molecule has 0 amide bonds. The van der Waals surface area contributed by atoms with Gasteiger partial charge < -0.3 is 9.47 Å². The van der Waals surface area contributed by atoms with Crippen molar-refractivity contribution in [3.63, 3.8) is 0 Å². The highest BCUT2D eigenvalue weighted by atomic mass is 19.1. The molecular weight excluding hydrogens is 235 g/mol. The topological polar surface area (TPSA) is 35.5 Å². The molecule has 0 heterocycles. The number of halogens is 1. The fraction of sp³-hybridized carbons (Fsp3) is 0.357. The zero-order chi connectivity index (χ0) is 13.8. The van der Waals surface area contributed by atoms with Crippen LogP contribution in [0.25, 0.3) is 0 Å². The Kier molecular flexibility index (Phi) is 4.48. The van der Waals surface area contributed by atoms with Crippen LogP contribution in [0.1, 0.15) is 32.4 Å². The molecule has 0 N–H and O–H groups in total. The minimum Gasteiger partial charge on any atom is -0.429 e. The van der Waals surface area contributed by atoms with E-state index in [1.165, 1.54) is 18.2 Å². The highest BCUT2D eigenvalue weighted by Crippen LogP contribution is 2.21. The van der Waals surface area contributed by atoms with Crippen LogP contribution in [-0.4, -0.2) is 11.8 Å². The fourth-order valence-electron chi connectivity index (χ4n) is 1.31. The molecule has 4 heteroatoms. The van der Waals surface area contributed by atoms with Crippen molar-refractivity contribution in [2.24, 2.45) is 0 Å². The van der Waals surface area contributed by atoms with Crippen LogP contribution in [0, 0.1) is 5.82 Å². The van der Waals surface area contributed by atoms with E-state index in [4.69, 9.17) is 9.47 Å². The van der Waals surface area contributed by atoms with Crippen molar-refractivity contribution in [3.8, 4) is 0 Å². The van der Waals surface area contributed by atoms with Gasteiger partial charge in [-0.25, -0.2) is 9.18 Å². The maximum absolute atomic E-state index is 13.1. The maximum Gasteiger partial charge on any atom is 0.509 e. The zero-order valence-electron chi connectivity index (χ0n) is 10.8. The molecule has 0 aromatic heterocycles. The molecule has 0 radical (unpaired) electrons. The minimum absolute atomic E-state index is 0.396. The van der Waals surface area contributed by atoms with Crippen molar-refractivity contribution in [2.75, 3.05) is 0 Å². The number of rotatable bonds is 3. The van der Waals surface area contributed by atoms with Crippen molar-refractivity contribution >= 4 is 6.16 Å². The first-order valence-electron chi connectivity index (χ1n) is 5.59. The van der Waals surface area contributed by atoms with Crippen LogP contribution in [0.3, 0.4) is 0 Å². The molecule has 0 aliphatic rings. The SMILES string of the molecule is C=C[C@H](OC(=O)OC(C)(C)C)c1cccc(F)c1. The molecule has 1 atom stereocenters. The van der Waals surface area contributed by atoms with E-state index in [9.17, 15) is 9.18 Å². The highest BCUT2D eigenvalue weighted by Gasteiger charge is 2.21. The van der Waals surface area contributed by atoms with Gasteiger partial charge in [-0.2, -0.15) is 0 Å². The molecular formula is C14H17FO3. The molecule has 0 unspecified atom stereocenters. The summed E-state index contributed by atoms with van der Waals surface area (Å²) in [5.74, 6) is -0.396. The largest absolute Gasteiger partial charge is 0.509 e. The molecule has 1 aromatic rings. The monoisotopic (exact) mass is 252 g/mol. The first-order valence-corrected chi connectivity index (χ1v) is 5.59. The van der Waals surface area contributed by atoms with Gasteiger partial charge in [0.2, 0.25) is 0 Å². The van der Waals surface area contributed by atoms with E-state index in [2.05, 4.69) is 6.58 Å². The Balaban J connectivity index is 2.74. The Labute approximate surface area is 106 Å². The third-order valence-electron chi connectivity index (χ3n) is 2.00. The summed E-state index contributed by atoms with van der Waals surface area (Å²) in [4.78, 5) is 11.5. The van der Waals surface area contributed by atoms with E-state index in [0.29, 0.717) is 5.56 Å². The standard InChI is InChI=1S/C14H17FO3/c1-5-12(10-7-6-8-11(15)9-10)17-13(16)18-14(2,3)4/h5-9,12H,1H2,2-4H3/t12-/m0/s1. The van der Waals surface area contributed by atoms with E-state index in [-0.39, 0.29) is 0 Å². The van der Waals surface area contributed by atoms with Gasteiger partial charge in [0, 0.05) is 0 Å². The molecule has 98 valence electrons. The van der Waals surface area contributed by atoms with E-state index in [1.54, 1.807) is 32.9 Å². The molecule has 1 aromatic carbocycles. The number of hydrogen-bond acceptors (Lipinski definition) is 3. The highest BCUT2D eigenvalue weighted by molar-refractivity contribution is 5.61. The lowest BCUT2D eigenvalue weighted by atomic mass is 10.1. The summed E-state index contributed by atoms with van der Waals surface area (Å²) in [5.41, 5.74) is -0.124. The van der Waals surface area contributed by atoms with Gasteiger partial charge in [-0.3, -0.25) is 0 Å². The maximum atomic E-state index is 13.1. The lowest BCUT2D eigenvalue weighted by molar-refractivity contribution is -0.0188. The van der Waals surface area contributed by atoms with Gasteiger partial charge in [0.05, 0.1) is 0 Å². The quantitative estimate of drug-likeness (QED) is 0.602. The Hall–Kier alpha value is -1.84. The average molecular weight is 252 g/mol. The van der Waals surface area contributed by atoms with E-state index < -0.39 is 23.7 Å². The molecule has 0 aliphatic carbocycles. The summed E-state index contributed by atoms with van der Waals surface area (Å²) in [5, 5.41) is 0. The van der Waals surface area contributed by atoms with E-state index >= 15 is 0 Å². The number of carbonyl (C=O) groups is 1. The van der Waals surface area contributed by atoms with Crippen molar-refractivity contribution in [2.45, 2.75) is 32.5 Å². The van der Waals surface area contributed by atoms with Gasteiger partial charge in [0.15, 0.2) is 0 Å². The van der Waals surface area contributed by atoms with Crippen LogP contribution in [0.15, 0.2) is 36.9 Å². The van der Waals surface area contributed by atoms with Gasteiger partial charge in [-0.1, -0.05) is 18.7 Å². The molecule has 3 nitrogen and oxygen atoms in total. The van der Waals surface area contributed by atoms with Gasteiger partial charge in [-0.15, -0.1) is 0 Å². The lowest BCUT2D eigenvalue weighted by Crippen LogP contribution is -2.25. The number of benzene rings is 1. The summed E-state index contributed by atoms with van der Waals surface area (Å²) in [6.07, 6.45) is -0.120. The molecule has 1 rings (SSSR count). The van der Waals surface area contributed by atoms with Crippen molar-refractivity contribution in [1.82, 2.24) is 0 Å².